The van der Waals surface area contributed by atoms with Crippen LogP contribution in [0.2, 0.25) is 0 Å². The van der Waals surface area contributed by atoms with Crippen molar-refractivity contribution in [1.29, 1.82) is 0 Å². The predicted octanol–water partition coefficient (Wildman–Crippen LogP) is 5.33. The summed E-state index contributed by atoms with van der Waals surface area (Å²) >= 11 is 0. The van der Waals surface area contributed by atoms with Gasteiger partial charge in [0.05, 0.1) is 16.9 Å². The average Bonchev–Trinajstić information content (AvgIpc) is 3.41. The van der Waals surface area contributed by atoms with Crippen LogP contribution in [0, 0.1) is 0 Å². The van der Waals surface area contributed by atoms with E-state index in [4.69, 9.17) is 4.42 Å². The first kappa shape index (κ1) is 24.5. The molecule has 1 N–H and O–H groups in total. The Hall–Kier alpha value is -4.18. The number of alkyl halides is 3. The van der Waals surface area contributed by atoms with E-state index in [-0.39, 0.29) is 11.4 Å². The lowest BCUT2D eigenvalue weighted by atomic mass is 10.1. The van der Waals surface area contributed by atoms with Crippen LogP contribution in [-0.2, 0) is 12.7 Å². The molecule has 0 unspecified atom stereocenters. The number of nitrogens with zero attached hydrogens (tertiary/aromatic N) is 4. The topological polar surface area (TPSA) is 74.5 Å². The fraction of sp³-hybridized carbons (Fsp3) is 0.222. The van der Waals surface area contributed by atoms with Gasteiger partial charge < -0.3 is 14.6 Å². The quantitative estimate of drug-likeness (QED) is 0.380. The summed E-state index contributed by atoms with van der Waals surface area (Å²) in [5.41, 5.74) is 1.67. The van der Waals surface area contributed by atoms with E-state index in [9.17, 15) is 18.0 Å². The molecular formula is C27H24F3N5O2. The molecular weight excluding hydrogens is 483 g/mol. The predicted molar refractivity (Wildman–Crippen MR) is 133 cm³/mol. The van der Waals surface area contributed by atoms with E-state index in [0.29, 0.717) is 24.5 Å². The van der Waals surface area contributed by atoms with Gasteiger partial charge in [0.15, 0.2) is 5.76 Å². The van der Waals surface area contributed by atoms with Crippen LogP contribution in [0.4, 0.5) is 24.5 Å². The maximum absolute atomic E-state index is 13.5. The summed E-state index contributed by atoms with van der Waals surface area (Å²) in [6.45, 7) is 3.43. The zero-order valence-electron chi connectivity index (χ0n) is 19.8. The minimum atomic E-state index is -4.54. The van der Waals surface area contributed by atoms with Crippen molar-refractivity contribution in [2.24, 2.45) is 0 Å². The summed E-state index contributed by atoms with van der Waals surface area (Å²) in [7, 11) is 0. The highest BCUT2D eigenvalue weighted by molar-refractivity contribution is 6.04. The molecule has 1 amide bonds. The zero-order chi connectivity index (χ0) is 25.8. The van der Waals surface area contributed by atoms with Gasteiger partial charge in [-0.1, -0.05) is 0 Å². The van der Waals surface area contributed by atoms with Gasteiger partial charge in [-0.15, -0.1) is 0 Å². The van der Waals surface area contributed by atoms with E-state index in [2.05, 4.69) is 20.2 Å². The third kappa shape index (κ3) is 5.80. The standard InChI is InChI=1S/C27H24F3N5O2/c28-27(29,30)21-1-2-23(35-15-13-34(14-16-35)18-19-5-9-31-10-6-19)22(17-21)33-26(36)25-4-3-24(37-25)20-7-11-32-12-8-20/h1-12,17H,13-16,18H2,(H,33,36). The highest BCUT2D eigenvalue weighted by atomic mass is 19.4. The van der Waals surface area contributed by atoms with Crippen LogP contribution in [-0.4, -0.2) is 47.0 Å². The maximum Gasteiger partial charge on any atom is 0.416 e. The Bertz CT molecular complexity index is 1350. The Morgan fingerprint density at radius 2 is 1.57 bits per heavy atom. The fourth-order valence-corrected chi connectivity index (χ4v) is 4.30. The number of piperazine rings is 1. The molecule has 7 nitrogen and oxygen atoms in total. The minimum absolute atomic E-state index is 0.00246. The fourth-order valence-electron chi connectivity index (χ4n) is 4.30. The lowest BCUT2D eigenvalue weighted by Crippen LogP contribution is -2.46. The molecule has 5 rings (SSSR count). The number of furan rings is 1. The van der Waals surface area contributed by atoms with Crippen molar-refractivity contribution in [2.75, 3.05) is 36.4 Å². The Kier molecular flexibility index (Phi) is 6.91. The van der Waals surface area contributed by atoms with E-state index in [0.717, 1.165) is 42.9 Å². The van der Waals surface area contributed by atoms with Crippen LogP contribution in [0.25, 0.3) is 11.3 Å². The van der Waals surface area contributed by atoms with E-state index < -0.39 is 17.6 Å². The third-order valence-electron chi connectivity index (χ3n) is 6.24. The first-order chi connectivity index (χ1) is 17.9. The van der Waals surface area contributed by atoms with E-state index >= 15 is 0 Å². The van der Waals surface area contributed by atoms with Gasteiger partial charge in [0, 0.05) is 63.1 Å². The summed E-state index contributed by atoms with van der Waals surface area (Å²) in [5, 5.41) is 2.65. The molecule has 1 aliphatic heterocycles. The second-order valence-corrected chi connectivity index (χ2v) is 8.70. The number of anilines is 2. The monoisotopic (exact) mass is 507 g/mol. The number of carbonyl (C=O) groups excluding carboxylic acids is 1. The van der Waals surface area contributed by atoms with Crippen LogP contribution >= 0.6 is 0 Å². The van der Waals surface area contributed by atoms with Crippen LogP contribution < -0.4 is 10.2 Å². The Labute approximate surface area is 211 Å². The van der Waals surface area contributed by atoms with E-state index in [1.807, 2.05) is 17.0 Å². The molecule has 1 aromatic carbocycles. The summed E-state index contributed by atoms with van der Waals surface area (Å²) in [6.07, 6.45) is 2.16. The van der Waals surface area contributed by atoms with Crippen molar-refractivity contribution in [3.05, 3.63) is 96.3 Å². The smallest absolute Gasteiger partial charge is 0.416 e. The molecule has 0 saturated carbocycles. The first-order valence-corrected chi connectivity index (χ1v) is 11.8. The molecule has 0 spiro atoms. The minimum Gasteiger partial charge on any atom is -0.451 e. The van der Waals surface area contributed by atoms with Gasteiger partial charge >= 0.3 is 6.18 Å². The summed E-state index contributed by atoms with van der Waals surface area (Å²) in [5.74, 6) is -0.170. The number of rotatable bonds is 6. The molecule has 190 valence electrons. The highest BCUT2D eigenvalue weighted by Crippen LogP contribution is 2.36. The number of amides is 1. The number of nitrogens with one attached hydrogen (secondary N) is 1. The Morgan fingerprint density at radius 1 is 0.892 bits per heavy atom. The van der Waals surface area contributed by atoms with Crippen LogP contribution in [0.15, 0.2) is 83.8 Å². The van der Waals surface area contributed by atoms with Crippen LogP contribution in [0.3, 0.4) is 0 Å². The maximum atomic E-state index is 13.5. The number of carbonyl (C=O) groups is 1. The number of hydrogen-bond donors (Lipinski definition) is 1. The molecule has 0 aliphatic carbocycles. The van der Waals surface area contributed by atoms with E-state index in [1.165, 1.54) is 12.1 Å². The normalized spacial score (nSPS) is 14.5. The summed E-state index contributed by atoms with van der Waals surface area (Å²) in [4.78, 5) is 25.2. The van der Waals surface area contributed by atoms with Crippen molar-refractivity contribution in [3.8, 4) is 11.3 Å². The van der Waals surface area contributed by atoms with Crippen molar-refractivity contribution < 1.29 is 22.4 Å². The molecule has 0 atom stereocenters. The van der Waals surface area contributed by atoms with E-state index in [1.54, 1.807) is 43.0 Å². The average molecular weight is 508 g/mol. The molecule has 4 aromatic rings. The number of hydrogen-bond acceptors (Lipinski definition) is 6. The van der Waals surface area contributed by atoms with Crippen LogP contribution in [0.5, 0.6) is 0 Å². The van der Waals surface area contributed by atoms with Crippen molar-refractivity contribution in [3.63, 3.8) is 0 Å². The molecule has 0 radical (unpaired) electrons. The largest absolute Gasteiger partial charge is 0.451 e. The molecule has 4 heterocycles. The molecule has 1 fully saturated rings. The highest BCUT2D eigenvalue weighted by Gasteiger charge is 2.32. The first-order valence-electron chi connectivity index (χ1n) is 11.8. The Morgan fingerprint density at radius 3 is 2.24 bits per heavy atom. The Balaban J connectivity index is 1.34. The zero-order valence-corrected chi connectivity index (χ0v) is 19.8. The molecule has 10 heteroatoms. The molecule has 3 aromatic heterocycles. The van der Waals surface area contributed by atoms with Crippen LogP contribution in [0.1, 0.15) is 21.7 Å². The number of pyridine rings is 2. The number of aromatic nitrogens is 2. The summed E-state index contributed by atoms with van der Waals surface area (Å²) in [6, 6.07) is 14.0. The van der Waals surface area contributed by atoms with Gasteiger partial charge in [0.2, 0.25) is 0 Å². The van der Waals surface area contributed by atoms with Gasteiger partial charge in [-0.25, -0.2) is 0 Å². The molecule has 1 aliphatic rings. The van der Waals surface area contributed by atoms with Gasteiger partial charge in [0.25, 0.3) is 5.91 Å². The second kappa shape index (κ2) is 10.4. The third-order valence-corrected chi connectivity index (χ3v) is 6.24. The number of benzene rings is 1. The lowest BCUT2D eigenvalue weighted by Gasteiger charge is -2.37. The lowest BCUT2D eigenvalue weighted by molar-refractivity contribution is -0.137. The van der Waals surface area contributed by atoms with Crippen molar-refractivity contribution in [1.82, 2.24) is 14.9 Å². The van der Waals surface area contributed by atoms with Crippen molar-refractivity contribution in [2.45, 2.75) is 12.7 Å². The second-order valence-electron chi connectivity index (χ2n) is 8.70. The van der Waals surface area contributed by atoms with Crippen molar-refractivity contribution >= 4 is 17.3 Å². The van der Waals surface area contributed by atoms with Gasteiger partial charge in [0.1, 0.15) is 5.76 Å². The molecule has 1 saturated heterocycles. The number of halogens is 3. The molecule has 0 bridgehead atoms. The van der Waals surface area contributed by atoms with Gasteiger partial charge in [-0.05, 0) is 60.2 Å². The SMILES string of the molecule is O=C(Nc1cc(C(F)(F)F)ccc1N1CCN(Cc2ccncc2)CC1)c1ccc(-c2ccncc2)o1. The molecule has 37 heavy (non-hydrogen) atoms. The summed E-state index contributed by atoms with van der Waals surface area (Å²) < 4.78 is 46.1. The van der Waals surface area contributed by atoms with Gasteiger partial charge in [-0.2, -0.15) is 13.2 Å². The van der Waals surface area contributed by atoms with Gasteiger partial charge in [-0.3, -0.25) is 19.7 Å².